The molecule has 4 rings (SSSR count). The van der Waals surface area contributed by atoms with E-state index in [1.54, 1.807) is 4.90 Å². The maximum Gasteiger partial charge on any atom is 0.233 e. The van der Waals surface area contributed by atoms with E-state index in [9.17, 15) is 4.79 Å². The van der Waals surface area contributed by atoms with Gasteiger partial charge in [0.25, 0.3) is 0 Å². The van der Waals surface area contributed by atoms with Gasteiger partial charge in [-0.25, -0.2) is 0 Å². The summed E-state index contributed by atoms with van der Waals surface area (Å²) in [5, 5.41) is 9.77. The van der Waals surface area contributed by atoms with Crippen molar-refractivity contribution in [3.05, 3.63) is 35.4 Å². The molecular formula is C21H29N5OS. The van der Waals surface area contributed by atoms with Crippen molar-refractivity contribution in [1.82, 2.24) is 19.7 Å². The van der Waals surface area contributed by atoms with Crippen molar-refractivity contribution in [2.24, 2.45) is 0 Å². The molecule has 2 heterocycles. The topological polar surface area (TPSA) is 54.3 Å². The minimum atomic E-state index is 0.123. The summed E-state index contributed by atoms with van der Waals surface area (Å²) < 4.78 is 2.27. The van der Waals surface area contributed by atoms with Crippen LogP contribution in [0.15, 0.2) is 29.4 Å². The summed E-state index contributed by atoms with van der Waals surface area (Å²) in [5.74, 6) is 1.52. The number of rotatable bonds is 8. The molecule has 2 fully saturated rings. The Balaban J connectivity index is 1.36. The number of amides is 1. The minimum Gasteiger partial charge on any atom is -0.341 e. The van der Waals surface area contributed by atoms with Crippen LogP contribution in [0.2, 0.25) is 0 Å². The third kappa shape index (κ3) is 4.35. The molecule has 0 unspecified atom stereocenters. The number of hydrogen-bond acceptors (Lipinski definition) is 5. The van der Waals surface area contributed by atoms with E-state index in [-0.39, 0.29) is 5.91 Å². The number of carbonyl (C=O) groups is 1. The van der Waals surface area contributed by atoms with Crippen LogP contribution in [0.5, 0.6) is 0 Å². The van der Waals surface area contributed by atoms with Gasteiger partial charge in [0.1, 0.15) is 0 Å². The Bertz CT molecular complexity index is 809. The molecule has 150 valence electrons. The van der Waals surface area contributed by atoms with Crippen LogP contribution in [0.3, 0.4) is 0 Å². The lowest BCUT2D eigenvalue weighted by Gasteiger charge is -2.19. The van der Waals surface area contributed by atoms with Crippen molar-refractivity contribution in [1.29, 1.82) is 0 Å². The van der Waals surface area contributed by atoms with Gasteiger partial charge in [-0.3, -0.25) is 9.36 Å². The van der Waals surface area contributed by atoms with E-state index in [4.69, 9.17) is 0 Å². The molecule has 0 atom stereocenters. The molecule has 1 aliphatic carbocycles. The van der Waals surface area contributed by atoms with Gasteiger partial charge in [0, 0.05) is 32.7 Å². The zero-order valence-electron chi connectivity index (χ0n) is 16.8. The summed E-state index contributed by atoms with van der Waals surface area (Å²) in [6.45, 7) is 4.91. The van der Waals surface area contributed by atoms with Gasteiger partial charge in [0.05, 0.1) is 5.75 Å². The average Bonchev–Trinajstić information content (AvgIpc) is 3.24. The van der Waals surface area contributed by atoms with Gasteiger partial charge < -0.3 is 9.80 Å². The molecular weight excluding hydrogens is 370 g/mol. The van der Waals surface area contributed by atoms with Crippen LogP contribution in [0, 0.1) is 0 Å². The smallest absolute Gasteiger partial charge is 0.233 e. The molecule has 0 bridgehead atoms. The second-order valence-corrected chi connectivity index (χ2v) is 8.73. The number of aromatic nitrogens is 3. The van der Waals surface area contributed by atoms with Gasteiger partial charge in [-0.05, 0) is 43.2 Å². The third-order valence-electron chi connectivity index (χ3n) is 5.55. The van der Waals surface area contributed by atoms with E-state index in [1.807, 2.05) is 7.05 Å². The zero-order chi connectivity index (χ0) is 19.5. The molecule has 0 spiro atoms. The maximum atomic E-state index is 12.6. The first kappa shape index (κ1) is 19.3. The van der Waals surface area contributed by atoms with E-state index in [0.29, 0.717) is 18.3 Å². The highest BCUT2D eigenvalue weighted by molar-refractivity contribution is 7.99. The summed E-state index contributed by atoms with van der Waals surface area (Å²) >= 11 is 1.52. The van der Waals surface area contributed by atoms with E-state index in [1.165, 1.54) is 43.0 Å². The van der Waals surface area contributed by atoms with Gasteiger partial charge in [-0.15, -0.1) is 10.2 Å². The molecule has 1 saturated heterocycles. The van der Waals surface area contributed by atoms with Crippen molar-refractivity contribution in [2.75, 3.05) is 30.8 Å². The number of thioether (sulfide) groups is 1. The second-order valence-electron chi connectivity index (χ2n) is 7.79. The average molecular weight is 400 g/mol. The molecule has 0 N–H and O–H groups in total. The summed E-state index contributed by atoms with van der Waals surface area (Å²) in [4.78, 5) is 16.8. The summed E-state index contributed by atoms with van der Waals surface area (Å²) in [5.41, 5.74) is 2.48. The van der Waals surface area contributed by atoms with Gasteiger partial charge in [-0.2, -0.15) is 0 Å². The Morgan fingerprint density at radius 3 is 2.46 bits per heavy atom. The normalized spacial score (nSPS) is 16.6. The quantitative estimate of drug-likeness (QED) is 0.636. The van der Waals surface area contributed by atoms with E-state index in [0.717, 1.165) is 36.2 Å². The predicted octanol–water partition coefficient (Wildman–Crippen LogP) is 3.53. The van der Waals surface area contributed by atoms with E-state index >= 15 is 0 Å². The van der Waals surface area contributed by atoms with E-state index < -0.39 is 0 Å². The standard InChI is InChI=1S/C21H29N5OS/c1-3-16-6-8-17(9-7-16)14-24(2)19(27)15-28-21-23-22-20(25-12-4-5-13-25)26(21)18-10-11-18/h6-9,18H,3-5,10-15H2,1-2H3. The molecule has 1 aromatic heterocycles. The number of anilines is 1. The molecule has 2 aliphatic rings. The highest BCUT2D eigenvalue weighted by atomic mass is 32.2. The van der Waals surface area contributed by atoms with Gasteiger partial charge >= 0.3 is 0 Å². The fourth-order valence-corrected chi connectivity index (χ4v) is 4.57. The summed E-state index contributed by atoms with van der Waals surface area (Å²) in [6, 6.07) is 9.02. The van der Waals surface area contributed by atoms with Crippen LogP contribution in [0.1, 0.15) is 49.8 Å². The Hall–Kier alpha value is -2.02. The van der Waals surface area contributed by atoms with Crippen molar-refractivity contribution in [2.45, 2.75) is 56.8 Å². The number of carbonyl (C=O) groups excluding carboxylic acids is 1. The number of hydrogen-bond donors (Lipinski definition) is 0. The lowest BCUT2D eigenvalue weighted by Crippen LogP contribution is -2.28. The van der Waals surface area contributed by atoms with Gasteiger partial charge in [-0.1, -0.05) is 43.0 Å². The summed E-state index contributed by atoms with van der Waals surface area (Å²) in [7, 11) is 1.87. The van der Waals surface area contributed by atoms with Crippen LogP contribution < -0.4 is 4.90 Å². The molecule has 1 saturated carbocycles. The molecule has 7 heteroatoms. The molecule has 0 radical (unpaired) electrons. The molecule has 1 aromatic carbocycles. The molecule has 1 aliphatic heterocycles. The molecule has 28 heavy (non-hydrogen) atoms. The Kier molecular flexibility index (Phi) is 5.90. The number of benzene rings is 1. The van der Waals surface area contributed by atoms with Crippen molar-refractivity contribution < 1.29 is 4.79 Å². The number of nitrogens with zero attached hydrogens (tertiary/aromatic N) is 5. The Morgan fingerprint density at radius 2 is 1.82 bits per heavy atom. The first-order valence-corrected chi connectivity index (χ1v) is 11.3. The lowest BCUT2D eigenvalue weighted by molar-refractivity contribution is -0.127. The van der Waals surface area contributed by atoms with Gasteiger partial charge in [0.15, 0.2) is 5.16 Å². The predicted molar refractivity (Wildman–Crippen MR) is 113 cm³/mol. The second kappa shape index (κ2) is 8.55. The third-order valence-corrected chi connectivity index (χ3v) is 6.48. The monoisotopic (exact) mass is 399 g/mol. The largest absolute Gasteiger partial charge is 0.341 e. The summed E-state index contributed by atoms with van der Waals surface area (Å²) in [6.07, 6.45) is 5.86. The van der Waals surface area contributed by atoms with Crippen LogP contribution in [-0.2, 0) is 17.8 Å². The van der Waals surface area contributed by atoms with Gasteiger partial charge in [0.2, 0.25) is 11.9 Å². The first-order chi connectivity index (χ1) is 13.7. The Morgan fingerprint density at radius 1 is 1.14 bits per heavy atom. The Labute approximate surface area is 171 Å². The molecule has 6 nitrogen and oxygen atoms in total. The SMILES string of the molecule is CCc1ccc(CN(C)C(=O)CSc2nnc(N3CCCC3)n2C2CC2)cc1. The van der Waals surface area contributed by atoms with Crippen LogP contribution in [0.4, 0.5) is 5.95 Å². The highest BCUT2D eigenvalue weighted by Crippen LogP contribution is 2.41. The fourth-order valence-electron chi connectivity index (χ4n) is 3.63. The maximum absolute atomic E-state index is 12.6. The molecule has 2 aromatic rings. The zero-order valence-corrected chi connectivity index (χ0v) is 17.6. The minimum absolute atomic E-state index is 0.123. The van der Waals surface area contributed by atoms with Crippen molar-refractivity contribution in [3.8, 4) is 0 Å². The number of aryl methyl sites for hydroxylation is 1. The van der Waals surface area contributed by atoms with Crippen LogP contribution in [0.25, 0.3) is 0 Å². The lowest BCUT2D eigenvalue weighted by atomic mass is 10.1. The fraction of sp³-hybridized carbons (Fsp3) is 0.571. The highest BCUT2D eigenvalue weighted by Gasteiger charge is 2.32. The van der Waals surface area contributed by atoms with Crippen molar-refractivity contribution >= 4 is 23.6 Å². The van der Waals surface area contributed by atoms with Crippen LogP contribution >= 0.6 is 11.8 Å². The van der Waals surface area contributed by atoms with Crippen molar-refractivity contribution in [3.63, 3.8) is 0 Å². The first-order valence-electron chi connectivity index (χ1n) is 10.3. The van der Waals surface area contributed by atoms with Crippen LogP contribution in [-0.4, -0.2) is 51.5 Å². The van der Waals surface area contributed by atoms with E-state index in [2.05, 4.69) is 50.9 Å². The molecule has 1 amide bonds.